The van der Waals surface area contributed by atoms with Gasteiger partial charge in [-0.2, -0.15) is 0 Å². The molecule has 3 fully saturated rings. The summed E-state index contributed by atoms with van der Waals surface area (Å²) in [6.45, 7) is 10.9. The number of thioether (sulfide) groups is 1. The Morgan fingerprint density at radius 2 is 1.95 bits per heavy atom. The van der Waals surface area contributed by atoms with E-state index >= 15 is 0 Å². The summed E-state index contributed by atoms with van der Waals surface area (Å²) in [6, 6.07) is 9.07. The van der Waals surface area contributed by atoms with E-state index < -0.39 is 27.4 Å². The molecular weight excluding hydrogens is 500 g/mol. The summed E-state index contributed by atoms with van der Waals surface area (Å²) in [5, 5.41) is 9.57. The molecule has 2 amide bonds. The Hall–Kier alpha value is -2.58. The van der Waals surface area contributed by atoms with Gasteiger partial charge in [-0.15, -0.1) is 24.9 Å². The van der Waals surface area contributed by atoms with Gasteiger partial charge >= 0.3 is 5.97 Å². The summed E-state index contributed by atoms with van der Waals surface area (Å²) >= 11 is 1.64. The van der Waals surface area contributed by atoms with Crippen molar-refractivity contribution < 1.29 is 24.2 Å². The number of likely N-dealkylation sites (tertiary alicyclic amines) is 1. The average Bonchev–Trinajstić information content (AvgIpc) is 3.47. The first-order valence-corrected chi connectivity index (χ1v) is 14.5. The second kappa shape index (κ2) is 12.1. The van der Waals surface area contributed by atoms with Crippen molar-refractivity contribution in [2.45, 2.75) is 67.5 Å². The number of benzene rings is 1. The second-order valence-corrected chi connectivity index (χ2v) is 12.7. The lowest BCUT2D eigenvalue weighted by Gasteiger charge is -2.37. The summed E-state index contributed by atoms with van der Waals surface area (Å²) in [5.74, 6) is -1.83. The monoisotopic (exact) mass is 540 g/mol. The number of rotatable bonds is 14. The van der Waals surface area contributed by atoms with Crippen molar-refractivity contribution in [1.82, 2.24) is 9.80 Å². The highest BCUT2D eigenvalue weighted by Crippen LogP contribution is 2.71. The number of esters is 1. The van der Waals surface area contributed by atoms with Gasteiger partial charge in [-0.3, -0.25) is 14.4 Å². The fraction of sp³-hybridized carbons (Fsp3) is 0.567. The van der Waals surface area contributed by atoms with Crippen molar-refractivity contribution in [2.75, 3.05) is 26.3 Å². The maximum Gasteiger partial charge on any atom is 0.311 e. The zero-order chi connectivity index (χ0) is 27.3. The van der Waals surface area contributed by atoms with Gasteiger partial charge in [0.2, 0.25) is 11.8 Å². The molecule has 38 heavy (non-hydrogen) atoms. The molecule has 7 nitrogen and oxygen atoms in total. The number of hydrogen-bond acceptors (Lipinski definition) is 6. The lowest BCUT2D eigenvalue weighted by molar-refractivity contribution is -0.155. The van der Waals surface area contributed by atoms with E-state index in [0.717, 1.165) is 31.2 Å². The third-order valence-corrected chi connectivity index (χ3v) is 10.2. The lowest BCUT2D eigenvalue weighted by atomic mass is 9.66. The van der Waals surface area contributed by atoms with E-state index in [1.54, 1.807) is 27.6 Å². The van der Waals surface area contributed by atoms with Crippen molar-refractivity contribution in [2.24, 2.45) is 11.8 Å². The fourth-order valence-corrected chi connectivity index (χ4v) is 8.90. The molecule has 3 aliphatic heterocycles. The topological polar surface area (TPSA) is 87.1 Å². The first-order chi connectivity index (χ1) is 18.3. The number of amides is 2. The molecule has 1 spiro atoms. The van der Waals surface area contributed by atoms with Crippen LogP contribution in [0, 0.1) is 11.8 Å². The Morgan fingerprint density at radius 3 is 2.63 bits per heavy atom. The molecule has 2 unspecified atom stereocenters. The highest BCUT2D eigenvalue weighted by Gasteiger charge is 2.77. The van der Waals surface area contributed by atoms with Gasteiger partial charge in [0.15, 0.2) is 0 Å². The number of nitrogens with zero attached hydrogens (tertiary/aromatic N) is 2. The highest BCUT2D eigenvalue weighted by molar-refractivity contribution is 8.02. The summed E-state index contributed by atoms with van der Waals surface area (Å²) in [5.41, 5.74) is 0.997. The van der Waals surface area contributed by atoms with Gasteiger partial charge in [0.1, 0.15) is 6.04 Å². The van der Waals surface area contributed by atoms with Crippen LogP contribution in [-0.4, -0.2) is 74.5 Å². The van der Waals surface area contributed by atoms with Crippen LogP contribution >= 0.6 is 11.8 Å². The molecule has 3 aliphatic rings. The molecule has 3 saturated heterocycles. The van der Waals surface area contributed by atoms with E-state index in [1.807, 2.05) is 43.3 Å². The largest absolute Gasteiger partial charge is 0.465 e. The van der Waals surface area contributed by atoms with E-state index in [1.165, 1.54) is 0 Å². The summed E-state index contributed by atoms with van der Waals surface area (Å²) < 4.78 is 4.57. The molecule has 0 radical (unpaired) electrons. The Morgan fingerprint density at radius 1 is 1.18 bits per heavy atom. The second-order valence-electron chi connectivity index (χ2n) is 10.8. The molecule has 206 valence electrons. The Kier molecular flexibility index (Phi) is 9.04. The number of unbranched alkanes of at least 4 members (excludes halogenated alkanes) is 2. The zero-order valence-corrected chi connectivity index (χ0v) is 23.2. The molecule has 1 aromatic rings. The zero-order valence-electron chi connectivity index (χ0n) is 22.3. The Bertz CT molecular complexity index is 1050. The smallest absolute Gasteiger partial charge is 0.311 e. The van der Waals surface area contributed by atoms with E-state index in [2.05, 4.69) is 13.2 Å². The van der Waals surface area contributed by atoms with E-state index in [-0.39, 0.29) is 30.9 Å². The minimum Gasteiger partial charge on any atom is -0.465 e. The predicted octanol–water partition coefficient (Wildman–Crippen LogP) is 3.96. The number of fused-ring (bicyclic) bond motifs is 1. The molecule has 4 rings (SSSR count). The third kappa shape index (κ3) is 5.17. The minimum atomic E-state index is -0.701. The van der Waals surface area contributed by atoms with Crippen LogP contribution in [0.25, 0.3) is 0 Å². The van der Waals surface area contributed by atoms with Crippen LogP contribution in [0.2, 0.25) is 0 Å². The molecule has 0 aliphatic carbocycles. The van der Waals surface area contributed by atoms with Crippen molar-refractivity contribution in [3.8, 4) is 0 Å². The minimum absolute atomic E-state index is 0.0796. The molecule has 0 saturated carbocycles. The maximum absolute atomic E-state index is 14.3. The third-order valence-electron chi connectivity index (χ3n) is 8.25. The maximum atomic E-state index is 14.3. The number of ether oxygens (including phenoxy) is 1. The molecule has 2 bridgehead atoms. The fourth-order valence-electron chi connectivity index (χ4n) is 6.56. The Balaban J connectivity index is 1.64. The molecular formula is C30H40N2O5S. The molecule has 1 N–H and O–H groups in total. The van der Waals surface area contributed by atoms with E-state index in [4.69, 9.17) is 4.74 Å². The van der Waals surface area contributed by atoms with Crippen LogP contribution in [0.1, 0.15) is 51.0 Å². The standard InChI is InChI=1S/C30H40N2O5S/c1-4-6-7-11-20-37-28(36)24-23-26(34)32(18-12-19-33)25(30(23)16-15-29(24,3)38-30)27(35)31(17-5-2)21-22-13-9-8-10-14-22/h4-5,8-10,13-14,23-25,33H,1-2,6-7,11-12,15-21H2,3H3/t23-,24+,25?,29-,30?/m0/s1. The molecule has 1 aromatic carbocycles. The van der Waals surface area contributed by atoms with Crippen molar-refractivity contribution in [1.29, 1.82) is 0 Å². The normalized spacial score (nSPS) is 29.3. The van der Waals surface area contributed by atoms with Gasteiger partial charge in [-0.05, 0) is 51.0 Å². The summed E-state index contributed by atoms with van der Waals surface area (Å²) in [6.07, 6.45) is 7.87. The van der Waals surface area contributed by atoms with Crippen LogP contribution in [0.5, 0.6) is 0 Å². The van der Waals surface area contributed by atoms with Gasteiger partial charge < -0.3 is 19.6 Å². The molecule has 0 aromatic heterocycles. The van der Waals surface area contributed by atoms with Crippen molar-refractivity contribution >= 4 is 29.5 Å². The first-order valence-electron chi connectivity index (χ1n) is 13.7. The van der Waals surface area contributed by atoms with Gasteiger partial charge in [0, 0.05) is 31.0 Å². The van der Waals surface area contributed by atoms with Crippen LogP contribution < -0.4 is 0 Å². The van der Waals surface area contributed by atoms with Gasteiger partial charge in [0.05, 0.1) is 23.2 Å². The predicted molar refractivity (Wildman–Crippen MR) is 149 cm³/mol. The lowest BCUT2D eigenvalue weighted by Crippen LogP contribution is -2.54. The number of aliphatic hydroxyl groups is 1. The number of aliphatic hydroxyl groups excluding tert-OH is 1. The van der Waals surface area contributed by atoms with Crippen LogP contribution in [0.15, 0.2) is 55.6 Å². The van der Waals surface area contributed by atoms with Gasteiger partial charge in [-0.1, -0.05) is 42.5 Å². The van der Waals surface area contributed by atoms with Gasteiger partial charge in [-0.25, -0.2) is 0 Å². The summed E-state index contributed by atoms with van der Waals surface area (Å²) in [4.78, 5) is 45.2. The van der Waals surface area contributed by atoms with Crippen molar-refractivity contribution in [3.05, 3.63) is 61.2 Å². The van der Waals surface area contributed by atoms with E-state index in [9.17, 15) is 19.5 Å². The van der Waals surface area contributed by atoms with Crippen LogP contribution in [0.3, 0.4) is 0 Å². The molecule has 3 heterocycles. The van der Waals surface area contributed by atoms with E-state index in [0.29, 0.717) is 32.5 Å². The summed E-state index contributed by atoms with van der Waals surface area (Å²) in [7, 11) is 0. The van der Waals surface area contributed by atoms with Crippen LogP contribution in [0.4, 0.5) is 0 Å². The molecule has 5 atom stereocenters. The number of allylic oxidation sites excluding steroid dienone is 1. The van der Waals surface area contributed by atoms with Crippen molar-refractivity contribution in [3.63, 3.8) is 0 Å². The quantitative estimate of drug-likeness (QED) is 0.218. The SMILES string of the molecule is C=CCCCCOC(=O)[C@H]1[C@H]2C(=O)N(CCCO)C(C(=O)N(CC=C)Cc3ccccc3)C23CC[C@]1(C)S3. The average molecular weight is 541 g/mol. The molecule has 8 heteroatoms. The number of hydrogen-bond donors (Lipinski definition) is 1. The van der Waals surface area contributed by atoms with Crippen LogP contribution in [-0.2, 0) is 25.7 Å². The Labute approximate surface area is 230 Å². The highest BCUT2D eigenvalue weighted by atomic mass is 32.2. The van der Waals surface area contributed by atoms with Gasteiger partial charge in [0.25, 0.3) is 0 Å². The number of carbonyl (C=O) groups is 3. The number of carbonyl (C=O) groups excluding carboxylic acids is 3. The first kappa shape index (κ1) is 28.4.